The molecule has 1 aliphatic rings. The molecule has 1 fully saturated rings. The largest absolute Gasteiger partial charge is 0.426 e. The second-order valence-electron chi connectivity index (χ2n) is 8.47. The number of esters is 1. The van der Waals surface area contributed by atoms with Gasteiger partial charge in [0.25, 0.3) is 0 Å². The van der Waals surface area contributed by atoms with Crippen molar-refractivity contribution in [3.05, 3.63) is 69.6 Å². The third kappa shape index (κ3) is 4.72. The fourth-order valence-corrected chi connectivity index (χ4v) is 5.61. The molecule has 3 aromatic rings. The molecule has 0 atom stereocenters. The maximum absolute atomic E-state index is 12.9. The van der Waals surface area contributed by atoms with Crippen molar-refractivity contribution in [1.82, 2.24) is 4.31 Å². The Kier molecular flexibility index (Phi) is 6.41. The summed E-state index contributed by atoms with van der Waals surface area (Å²) in [5.74, 6) is -0.427. The maximum atomic E-state index is 12.9. The zero-order valence-corrected chi connectivity index (χ0v) is 19.8. The van der Waals surface area contributed by atoms with Crippen LogP contribution in [-0.2, 0) is 21.2 Å². The summed E-state index contributed by atoms with van der Waals surface area (Å²) in [7, 11) is -3.59. The van der Waals surface area contributed by atoms with Crippen LogP contribution in [0.2, 0.25) is 0 Å². The molecular formula is C25H27NO6S. The SMILES string of the molecule is CCc1cc2c(C)cc(=O)oc2cc1OC(=O)C1CCN(S(=O)(=O)c2ccc(C)cc2)CC1. The smallest absolute Gasteiger partial charge is 0.336 e. The summed E-state index contributed by atoms with van der Waals surface area (Å²) in [6.45, 7) is 6.21. The summed E-state index contributed by atoms with van der Waals surface area (Å²) in [5.41, 5.74) is 2.55. The van der Waals surface area contributed by atoms with Gasteiger partial charge in [-0.05, 0) is 62.4 Å². The molecule has 1 aliphatic heterocycles. The molecule has 1 saturated heterocycles. The van der Waals surface area contributed by atoms with Gasteiger partial charge in [-0.1, -0.05) is 24.6 Å². The molecule has 2 aromatic carbocycles. The van der Waals surface area contributed by atoms with Gasteiger partial charge in [0, 0.05) is 30.6 Å². The van der Waals surface area contributed by atoms with Crippen LogP contribution in [0.1, 0.15) is 36.5 Å². The first-order chi connectivity index (χ1) is 15.7. The lowest BCUT2D eigenvalue weighted by Crippen LogP contribution is -2.41. The van der Waals surface area contributed by atoms with Gasteiger partial charge in [0.15, 0.2) is 0 Å². The lowest BCUT2D eigenvalue weighted by molar-refractivity contribution is -0.140. The van der Waals surface area contributed by atoms with Gasteiger partial charge in [0.05, 0.1) is 10.8 Å². The van der Waals surface area contributed by atoms with Crippen LogP contribution in [0.5, 0.6) is 5.75 Å². The van der Waals surface area contributed by atoms with Gasteiger partial charge in [0.1, 0.15) is 11.3 Å². The fourth-order valence-electron chi connectivity index (χ4n) is 4.15. The molecule has 7 nitrogen and oxygen atoms in total. The van der Waals surface area contributed by atoms with Crippen LogP contribution in [0.25, 0.3) is 11.0 Å². The first kappa shape index (κ1) is 23.2. The number of nitrogens with zero attached hydrogens (tertiary/aromatic N) is 1. The number of piperidine rings is 1. The van der Waals surface area contributed by atoms with Gasteiger partial charge in [-0.2, -0.15) is 4.31 Å². The number of hydrogen-bond acceptors (Lipinski definition) is 6. The second kappa shape index (κ2) is 9.11. The van der Waals surface area contributed by atoms with E-state index in [9.17, 15) is 18.0 Å². The van der Waals surface area contributed by atoms with Crippen LogP contribution in [-0.4, -0.2) is 31.8 Å². The molecule has 0 spiro atoms. The Bertz CT molecular complexity index is 1350. The number of benzene rings is 2. The lowest BCUT2D eigenvalue weighted by atomic mass is 9.98. The number of rotatable bonds is 5. The van der Waals surface area contributed by atoms with E-state index in [0.29, 0.717) is 30.6 Å². The van der Waals surface area contributed by atoms with Crippen LogP contribution in [0.4, 0.5) is 0 Å². The monoisotopic (exact) mass is 469 g/mol. The third-order valence-corrected chi connectivity index (χ3v) is 8.08. The fraction of sp³-hybridized carbons (Fsp3) is 0.360. The zero-order chi connectivity index (χ0) is 23.8. The molecular weight excluding hydrogens is 442 g/mol. The number of sulfonamides is 1. The predicted octanol–water partition coefficient (Wildman–Crippen LogP) is 3.98. The van der Waals surface area contributed by atoms with Crippen LogP contribution in [0.15, 0.2) is 56.6 Å². The first-order valence-electron chi connectivity index (χ1n) is 11.0. The Balaban J connectivity index is 1.48. The molecule has 0 bridgehead atoms. The quantitative estimate of drug-likeness (QED) is 0.319. The van der Waals surface area contributed by atoms with E-state index in [1.165, 1.54) is 10.4 Å². The molecule has 0 saturated carbocycles. The summed E-state index contributed by atoms with van der Waals surface area (Å²) in [5, 5.41) is 0.806. The highest BCUT2D eigenvalue weighted by Gasteiger charge is 2.33. The average molecular weight is 470 g/mol. The van der Waals surface area contributed by atoms with Crippen molar-refractivity contribution in [3.63, 3.8) is 0 Å². The van der Waals surface area contributed by atoms with Crippen LogP contribution in [0.3, 0.4) is 0 Å². The van der Waals surface area contributed by atoms with Gasteiger partial charge in [0.2, 0.25) is 10.0 Å². The van der Waals surface area contributed by atoms with Gasteiger partial charge in [-0.25, -0.2) is 13.2 Å². The molecule has 0 aliphatic carbocycles. The maximum Gasteiger partial charge on any atom is 0.336 e. The first-order valence-corrected chi connectivity index (χ1v) is 12.5. The standard InChI is InChI=1S/C25H27NO6S/c1-4-18-14-21-17(3)13-24(27)31-23(21)15-22(18)32-25(28)19-9-11-26(12-10-19)33(29,30)20-7-5-16(2)6-8-20/h5-8,13-15,19H,4,9-12H2,1-3H3. The Labute approximate surface area is 193 Å². The Morgan fingerprint density at radius 2 is 1.76 bits per heavy atom. The summed E-state index contributed by atoms with van der Waals surface area (Å²) >= 11 is 0. The Morgan fingerprint density at radius 1 is 1.09 bits per heavy atom. The Morgan fingerprint density at radius 3 is 2.39 bits per heavy atom. The van der Waals surface area contributed by atoms with Crippen molar-refractivity contribution in [2.24, 2.45) is 5.92 Å². The van der Waals surface area contributed by atoms with Gasteiger partial charge in [-0.15, -0.1) is 0 Å². The van der Waals surface area contributed by atoms with E-state index in [1.807, 2.05) is 26.8 Å². The molecule has 0 N–H and O–H groups in total. The van der Waals surface area contributed by atoms with E-state index in [1.54, 1.807) is 30.3 Å². The molecule has 0 amide bonds. The molecule has 1 aromatic heterocycles. The summed E-state index contributed by atoms with van der Waals surface area (Å²) in [6.07, 6.45) is 1.41. The highest BCUT2D eigenvalue weighted by molar-refractivity contribution is 7.89. The number of aryl methyl sites for hydroxylation is 3. The van der Waals surface area contributed by atoms with E-state index >= 15 is 0 Å². The van der Waals surface area contributed by atoms with E-state index < -0.39 is 27.5 Å². The number of carbonyl (C=O) groups is 1. The second-order valence-corrected chi connectivity index (χ2v) is 10.4. The third-order valence-electron chi connectivity index (χ3n) is 6.17. The van der Waals surface area contributed by atoms with Crippen molar-refractivity contribution < 1.29 is 22.4 Å². The molecule has 4 rings (SSSR count). The van der Waals surface area contributed by atoms with Crippen molar-refractivity contribution in [2.75, 3.05) is 13.1 Å². The minimum Gasteiger partial charge on any atom is -0.426 e. The van der Waals surface area contributed by atoms with E-state index in [4.69, 9.17) is 9.15 Å². The van der Waals surface area contributed by atoms with Gasteiger partial charge < -0.3 is 9.15 Å². The molecule has 0 unspecified atom stereocenters. The topological polar surface area (TPSA) is 93.9 Å². The highest BCUT2D eigenvalue weighted by atomic mass is 32.2. The van der Waals surface area contributed by atoms with Crippen molar-refractivity contribution in [3.8, 4) is 5.75 Å². The summed E-state index contributed by atoms with van der Waals surface area (Å²) in [6, 6.07) is 11.7. The number of ether oxygens (including phenoxy) is 1. The van der Waals surface area contributed by atoms with E-state index in [2.05, 4.69) is 0 Å². The number of fused-ring (bicyclic) bond motifs is 1. The molecule has 2 heterocycles. The van der Waals surface area contributed by atoms with Crippen molar-refractivity contribution in [1.29, 1.82) is 0 Å². The van der Waals surface area contributed by atoms with E-state index in [-0.39, 0.29) is 18.0 Å². The minimum atomic E-state index is -3.59. The highest BCUT2D eigenvalue weighted by Crippen LogP contribution is 2.30. The molecule has 174 valence electrons. The minimum absolute atomic E-state index is 0.252. The number of hydrogen-bond donors (Lipinski definition) is 0. The van der Waals surface area contributed by atoms with Crippen molar-refractivity contribution in [2.45, 2.75) is 44.9 Å². The predicted molar refractivity (Wildman–Crippen MR) is 125 cm³/mol. The van der Waals surface area contributed by atoms with Gasteiger partial charge >= 0.3 is 11.6 Å². The molecule has 33 heavy (non-hydrogen) atoms. The summed E-state index contributed by atoms with van der Waals surface area (Å²) < 4.78 is 38.2. The van der Waals surface area contributed by atoms with Crippen LogP contribution in [0, 0.1) is 19.8 Å². The normalized spacial score (nSPS) is 15.6. The summed E-state index contributed by atoms with van der Waals surface area (Å²) in [4.78, 5) is 24.9. The lowest BCUT2D eigenvalue weighted by Gasteiger charge is -2.30. The number of carbonyl (C=O) groups excluding carboxylic acids is 1. The zero-order valence-electron chi connectivity index (χ0n) is 19.0. The van der Waals surface area contributed by atoms with Gasteiger partial charge in [-0.3, -0.25) is 4.79 Å². The van der Waals surface area contributed by atoms with Crippen LogP contribution < -0.4 is 10.4 Å². The molecule has 0 radical (unpaired) electrons. The Hall–Kier alpha value is -2.97. The van der Waals surface area contributed by atoms with Crippen LogP contribution >= 0.6 is 0 Å². The molecule has 8 heteroatoms. The van der Waals surface area contributed by atoms with E-state index in [0.717, 1.165) is 22.1 Å². The van der Waals surface area contributed by atoms with Crippen molar-refractivity contribution >= 4 is 27.0 Å². The average Bonchev–Trinajstić information content (AvgIpc) is 2.79.